The van der Waals surface area contributed by atoms with E-state index in [0.29, 0.717) is 18.4 Å². The zero-order valence-electron chi connectivity index (χ0n) is 12.2. The van der Waals surface area contributed by atoms with Gasteiger partial charge in [0.2, 0.25) is 0 Å². The van der Waals surface area contributed by atoms with Crippen LogP contribution in [0.15, 0.2) is 42.5 Å². The minimum absolute atomic E-state index is 0.294. The van der Waals surface area contributed by atoms with E-state index in [9.17, 15) is 4.39 Å². The van der Waals surface area contributed by atoms with Crippen LogP contribution in [-0.4, -0.2) is 6.04 Å². The first-order chi connectivity index (χ1) is 10.2. The van der Waals surface area contributed by atoms with E-state index in [1.54, 1.807) is 12.1 Å². The van der Waals surface area contributed by atoms with Crippen LogP contribution in [0.4, 0.5) is 4.39 Å². The molecule has 0 saturated heterocycles. The van der Waals surface area contributed by atoms with Gasteiger partial charge in [0, 0.05) is 12.6 Å². The van der Waals surface area contributed by atoms with Crippen LogP contribution in [0.5, 0.6) is 5.75 Å². The van der Waals surface area contributed by atoms with Crippen molar-refractivity contribution in [2.75, 3.05) is 0 Å². The second-order valence-corrected chi connectivity index (χ2v) is 5.69. The number of ether oxygens (including phenoxy) is 1. The zero-order valence-corrected chi connectivity index (χ0v) is 12.2. The highest BCUT2D eigenvalue weighted by Crippen LogP contribution is 2.22. The molecule has 3 rings (SSSR count). The predicted octanol–water partition coefficient (Wildman–Crippen LogP) is 3.97. The monoisotopic (exact) mass is 285 g/mol. The van der Waals surface area contributed by atoms with Crippen molar-refractivity contribution in [3.05, 3.63) is 65.0 Å². The summed E-state index contributed by atoms with van der Waals surface area (Å²) in [6.45, 7) is 3.15. The SMILES string of the molecule is Cc1ccc(COc2ccc(CNC3CC3)cc2F)cc1. The number of hydrogen-bond acceptors (Lipinski definition) is 2. The highest BCUT2D eigenvalue weighted by molar-refractivity contribution is 5.30. The lowest BCUT2D eigenvalue weighted by Crippen LogP contribution is -2.15. The Labute approximate surface area is 125 Å². The lowest BCUT2D eigenvalue weighted by molar-refractivity contribution is 0.290. The highest BCUT2D eigenvalue weighted by atomic mass is 19.1. The molecule has 21 heavy (non-hydrogen) atoms. The minimum atomic E-state index is -0.294. The molecule has 0 bridgehead atoms. The van der Waals surface area contributed by atoms with E-state index in [2.05, 4.69) is 5.32 Å². The Balaban J connectivity index is 1.58. The summed E-state index contributed by atoms with van der Waals surface area (Å²) in [7, 11) is 0. The van der Waals surface area contributed by atoms with E-state index in [0.717, 1.165) is 17.7 Å². The molecule has 3 heteroatoms. The number of nitrogens with one attached hydrogen (secondary N) is 1. The number of rotatable bonds is 6. The van der Waals surface area contributed by atoms with Gasteiger partial charge in [0.05, 0.1) is 0 Å². The molecule has 0 unspecified atom stereocenters. The van der Waals surface area contributed by atoms with Crippen LogP contribution in [0, 0.1) is 12.7 Å². The summed E-state index contributed by atoms with van der Waals surface area (Å²) >= 11 is 0. The van der Waals surface area contributed by atoms with E-state index in [1.807, 2.05) is 37.3 Å². The normalized spacial score (nSPS) is 14.2. The van der Waals surface area contributed by atoms with Crippen molar-refractivity contribution in [3.63, 3.8) is 0 Å². The summed E-state index contributed by atoms with van der Waals surface area (Å²) in [4.78, 5) is 0. The minimum Gasteiger partial charge on any atom is -0.486 e. The standard InChI is InChI=1S/C18H20FNO/c1-13-2-4-14(5-3-13)12-21-18-9-6-15(10-17(18)19)11-20-16-7-8-16/h2-6,9-10,16,20H,7-8,11-12H2,1H3. The summed E-state index contributed by atoms with van der Waals surface area (Å²) in [5.41, 5.74) is 3.21. The van der Waals surface area contributed by atoms with E-state index in [1.165, 1.54) is 18.4 Å². The number of halogens is 1. The van der Waals surface area contributed by atoms with Crippen molar-refractivity contribution in [1.82, 2.24) is 5.32 Å². The van der Waals surface area contributed by atoms with Crippen LogP contribution >= 0.6 is 0 Å². The van der Waals surface area contributed by atoms with Gasteiger partial charge in [0.15, 0.2) is 11.6 Å². The van der Waals surface area contributed by atoms with Crippen molar-refractivity contribution in [2.45, 2.75) is 39.0 Å². The molecule has 1 saturated carbocycles. The third-order valence-corrected chi connectivity index (χ3v) is 3.68. The Kier molecular flexibility index (Phi) is 4.20. The number of benzene rings is 2. The second-order valence-electron chi connectivity index (χ2n) is 5.69. The maximum atomic E-state index is 14.0. The van der Waals surface area contributed by atoms with E-state index in [-0.39, 0.29) is 5.82 Å². The van der Waals surface area contributed by atoms with Crippen molar-refractivity contribution in [1.29, 1.82) is 0 Å². The third-order valence-electron chi connectivity index (χ3n) is 3.68. The fourth-order valence-corrected chi connectivity index (χ4v) is 2.17. The van der Waals surface area contributed by atoms with Crippen LogP contribution < -0.4 is 10.1 Å². The van der Waals surface area contributed by atoms with Gasteiger partial charge in [-0.2, -0.15) is 0 Å². The molecule has 2 nitrogen and oxygen atoms in total. The lowest BCUT2D eigenvalue weighted by atomic mass is 10.1. The summed E-state index contributed by atoms with van der Waals surface area (Å²) in [6, 6.07) is 13.9. The Morgan fingerprint density at radius 2 is 1.81 bits per heavy atom. The van der Waals surface area contributed by atoms with E-state index >= 15 is 0 Å². The molecule has 0 aromatic heterocycles. The molecule has 0 atom stereocenters. The molecule has 0 heterocycles. The first-order valence-corrected chi connectivity index (χ1v) is 7.41. The van der Waals surface area contributed by atoms with Gasteiger partial charge in [-0.15, -0.1) is 0 Å². The quantitative estimate of drug-likeness (QED) is 0.867. The van der Waals surface area contributed by atoms with Crippen LogP contribution in [0.3, 0.4) is 0 Å². The molecule has 0 amide bonds. The van der Waals surface area contributed by atoms with Gasteiger partial charge in [-0.1, -0.05) is 35.9 Å². The van der Waals surface area contributed by atoms with Crippen molar-refractivity contribution in [2.24, 2.45) is 0 Å². The topological polar surface area (TPSA) is 21.3 Å². The van der Waals surface area contributed by atoms with Gasteiger partial charge >= 0.3 is 0 Å². The van der Waals surface area contributed by atoms with Crippen LogP contribution in [0.2, 0.25) is 0 Å². The molecular weight excluding hydrogens is 265 g/mol. The summed E-state index contributed by atoms with van der Waals surface area (Å²) in [6.07, 6.45) is 2.47. The zero-order chi connectivity index (χ0) is 14.7. The van der Waals surface area contributed by atoms with Crippen molar-refractivity contribution < 1.29 is 9.13 Å². The summed E-state index contributed by atoms with van der Waals surface area (Å²) in [5, 5.41) is 3.38. The first-order valence-electron chi connectivity index (χ1n) is 7.41. The van der Waals surface area contributed by atoms with E-state index < -0.39 is 0 Å². The number of aryl methyl sites for hydroxylation is 1. The number of hydrogen-bond donors (Lipinski definition) is 1. The van der Waals surface area contributed by atoms with Gasteiger partial charge in [-0.3, -0.25) is 0 Å². The van der Waals surface area contributed by atoms with Gasteiger partial charge in [0.1, 0.15) is 6.61 Å². The fourth-order valence-electron chi connectivity index (χ4n) is 2.17. The summed E-state index contributed by atoms with van der Waals surface area (Å²) in [5.74, 6) is 0.0166. The Morgan fingerprint density at radius 3 is 2.48 bits per heavy atom. The third kappa shape index (κ3) is 4.05. The van der Waals surface area contributed by atoms with Crippen LogP contribution in [0.25, 0.3) is 0 Å². The van der Waals surface area contributed by atoms with Crippen molar-refractivity contribution >= 4 is 0 Å². The average Bonchev–Trinajstić information content (AvgIpc) is 3.30. The van der Waals surface area contributed by atoms with Gasteiger partial charge in [-0.05, 0) is 43.0 Å². The fraction of sp³-hybridized carbons (Fsp3) is 0.333. The molecule has 0 spiro atoms. The molecule has 2 aromatic carbocycles. The molecule has 110 valence electrons. The average molecular weight is 285 g/mol. The lowest BCUT2D eigenvalue weighted by Gasteiger charge is -2.09. The summed E-state index contributed by atoms with van der Waals surface area (Å²) < 4.78 is 19.6. The van der Waals surface area contributed by atoms with Gasteiger partial charge in [0.25, 0.3) is 0 Å². The predicted molar refractivity (Wildman–Crippen MR) is 81.8 cm³/mol. The smallest absolute Gasteiger partial charge is 0.165 e. The molecule has 1 aliphatic rings. The Bertz CT molecular complexity index is 605. The Hall–Kier alpha value is -1.87. The van der Waals surface area contributed by atoms with Crippen molar-refractivity contribution in [3.8, 4) is 5.75 Å². The molecule has 1 fully saturated rings. The van der Waals surface area contributed by atoms with Gasteiger partial charge in [-0.25, -0.2) is 4.39 Å². The first kappa shape index (κ1) is 14.1. The molecular formula is C18H20FNO. The second kappa shape index (κ2) is 6.27. The molecule has 0 radical (unpaired) electrons. The maximum Gasteiger partial charge on any atom is 0.165 e. The Morgan fingerprint density at radius 1 is 1.10 bits per heavy atom. The van der Waals surface area contributed by atoms with Crippen LogP contribution in [0.1, 0.15) is 29.5 Å². The van der Waals surface area contributed by atoms with Gasteiger partial charge < -0.3 is 10.1 Å². The largest absolute Gasteiger partial charge is 0.486 e. The van der Waals surface area contributed by atoms with Crippen LogP contribution in [-0.2, 0) is 13.2 Å². The molecule has 1 N–H and O–H groups in total. The highest BCUT2D eigenvalue weighted by Gasteiger charge is 2.20. The van der Waals surface area contributed by atoms with E-state index in [4.69, 9.17) is 4.74 Å². The molecule has 2 aromatic rings. The maximum absolute atomic E-state index is 14.0. The molecule has 1 aliphatic carbocycles. The molecule has 0 aliphatic heterocycles.